The van der Waals surface area contributed by atoms with E-state index >= 15 is 0 Å². The van der Waals surface area contributed by atoms with Crippen molar-refractivity contribution in [2.24, 2.45) is 0 Å². The van der Waals surface area contributed by atoms with Gasteiger partial charge in [0.25, 0.3) is 0 Å². The monoisotopic (exact) mass is 270 g/mol. The zero-order valence-electron chi connectivity index (χ0n) is 10.7. The van der Waals surface area contributed by atoms with Crippen molar-refractivity contribution in [3.63, 3.8) is 0 Å². The normalized spacial score (nSPS) is 20.4. The molecular weight excluding hydrogens is 256 g/mol. The Hall–Kier alpha value is -1.40. The molecule has 2 rings (SSSR count). The highest BCUT2D eigenvalue weighted by Crippen LogP contribution is 2.33. The van der Waals surface area contributed by atoms with E-state index in [1.54, 1.807) is 26.0 Å². The van der Waals surface area contributed by atoms with Crippen molar-refractivity contribution in [2.75, 3.05) is 24.4 Å². The Morgan fingerprint density at radius 3 is 2.78 bits per heavy atom. The van der Waals surface area contributed by atoms with Crippen LogP contribution in [0.15, 0.2) is 0 Å². The number of hydrogen-bond donors (Lipinski definition) is 1. The Morgan fingerprint density at radius 1 is 1.50 bits per heavy atom. The molecule has 7 heteroatoms. The van der Waals surface area contributed by atoms with Crippen LogP contribution in [0.1, 0.15) is 12.6 Å². The quantitative estimate of drug-likeness (QED) is 0.819. The molecule has 1 aliphatic heterocycles. The number of likely N-dealkylation sites (N-methyl/N-ethyl adjacent to an activating group) is 1. The molecule has 1 aliphatic rings. The number of carbonyl (C=O) groups excluding carboxylic acids is 1. The maximum Gasteiger partial charge on any atom is 0.249 e. The van der Waals surface area contributed by atoms with Gasteiger partial charge in [-0.3, -0.25) is 4.79 Å². The Balaban J connectivity index is 2.49. The number of anilines is 2. The number of aromatic nitrogens is 2. The van der Waals surface area contributed by atoms with Crippen LogP contribution in [-0.2, 0) is 9.53 Å². The van der Waals surface area contributed by atoms with Gasteiger partial charge in [0, 0.05) is 14.2 Å². The number of methoxy groups -OCH3 is 1. The number of hydrogen-bond acceptors (Lipinski definition) is 5. The molecule has 1 aromatic rings. The van der Waals surface area contributed by atoms with Crippen LogP contribution in [0.3, 0.4) is 0 Å². The van der Waals surface area contributed by atoms with Crippen LogP contribution in [0.4, 0.5) is 11.5 Å². The van der Waals surface area contributed by atoms with E-state index in [0.29, 0.717) is 17.2 Å². The summed E-state index contributed by atoms with van der Waals surface area (Å²) >= 11 is 5.85. The minimum atomic E-state index is -0.437. The number of amides is 1. The second-order valence-electron chi connectivity index (χ2n) is 4.26. The number of carbonyl (C=O) groups is 1. The minimum Gasteiger partial charge on any atom is -0.379 e. The lowest BCUT2D eigenvalue weighted by Gasteiger charge is -2.37. The summed E-state index contributed by atoms with van der Waals surface area (Å²) < 4.78 is 5.23. The molecular formula is C11H15ClN4O2. The average Bonchev–Trinajstić information content (AvgIpc) is 2.30. The number of fused-ring (bicyclic) bond motifs is 1. The molecule has 1 unspecified atom stereocenters. The fourth-order valence-corrected chi connectivity index (χ4v) is 2.29. The molecule has 0 aliphatic carbocycles. The first-order chi connectivity index (χ1) is 8.45. The highest BCUT2D eigenvalue weighted by Gasteiger charge is 2.37. The molecule has 0 radical (unpaired) electrons. The van der Waals surface area contributed by atoms with E-state index in [1.165, 1.54) is 0 Å². The van der Waals surface area contributed by atoms with Crippen molar-refractivity contribution in [3.05, 3.63) is 11.0 Å². The second-order valence-corrected chi connectivity index (χ2v) is 4.60. The third kappa shape index (κ3) is 2.02. The number of aryl methyl sites for hydroxylation is 1. The van der Waals surface area contributed by atoms with Crippen LogP contribution in [0, 0.1) is 6.92 Å². The maximum atomic E-state index is 12.1. The van der Waals surface area contributed by atoms with E-state index in [2.05, 4.69) is 15.3 Å². The van der Waals surface area contributed by atoms with Gasteiger partial charge in [-0.25, -0.2) is 4.98 Å². The topological polar surface area (TPSA) is 67.3 Å². The summed E-state index contributed by atoms with van der Waals surface area (Å²) in [6, 6.07) is -0.437. The molecule has 0 spiro atoms. The molecule has 1 amide bonds. The van der Waals surface area contributed by atoms with Crippen LogP contribution in [-0.4, -0.2) is 42.2 Å². The molecule has 0 saturated heterocycles. The zero-order chi connectivity index (χ0) is 13.4. The lowest BCUT2D eigenvalue weighted by Crippen LogP contribution is -2.53. The van der Waals surface area contributed by atoms with Gasteiger partial charge in [-0.2, -0.15) is 4.98 Å². The van der Waals surface area contributed by atoms with Gasteiger partial charge >= 0.3 is 0 Å². The number of rotatable bonds is 2. The summed E-state index contributed by atoms with van der Waals surface area (Å²) in [7, 11) is 3.36. The number of nitrogens with zero attached hydrogens (tertiary/aromatic N) is 3. The van der Waals surface area contributed by atoms with Gasteiger partial charge in [0.15, 0.2) is 5.82 Å². The summed E-state index contributed by atoms with van der Waals surface area (Å²) in [4.78, 5) is 22.0. The Labute approximate surface area is 110 Å². The van der Waals surface area contributed by atoms with Crippen molar-refractivity contribution in [1.82, 2.24) is 9.97 Å². The van der Waals surface area contributed by atoms with E-state index < -0.39 is 6.04 Å². The van der Waals surface area contributed by atoms with E-state index in [-0.39, 0.29) is 17.3 Å². The van der Waals surface area contributed by atoms with Gasteiger partial charge in [0.1, 0.15) is 11.7 Å². The van der Waals surface area contributed by atoms with Gasteiger partial charge in [-0.1, -0.05) is 0 Å². The summed E-state index contributed by atoms with van der Waals surface area (Å²) in [5.41, 5.74) is 1.25. The van der Waals surface area contributed by atoms with Crippen LogP contribution in [0.2, 0.25) is 5.28 Å². The number of halogens is 1. The Kier molecular flexibility index (Phi) is 3.41. The van der Waals surface area contributed by atoms with E-state index in [4.69, 9.17) is 16.3 Å². The predicted octanol–water partition coefficient (Wildman–Crippen LogP) is 1.23. The summed E-state index contributed by atoms with van der Waals surface area (Å²) in [6.45, 7) is 3.61. The summed E-state index contributed by atoms with van der Waals surface area (Å²) in [6.07, 6.45) is -0.253. The van der Waals surface area contributed by atoms with Crippen molar-refractivity contribution in [2.45, 2.75) is 26.0 Å². The zero-order valence-corrected chi connectivity index (χ0v) is 11.4. The lowest BCUT2D eigenvalue weighted by atomic mass is 10.1. The fourth-order valence-electron chi connectivity index (χ4n) is 2.09. The van der Waals surface area contributed by atoms with Crippen molar-refractivity contribution >= 4 is 29.0 Å². The molecule has 2 heterocycles. The molecule has 6 nitrogen and oxygen atoms in total. The SMILES string of the molecule is CO[C@H](C)C1C(=O)Nc2c(C)nc(Cl)nc2N1C. The summed E-state index contributed by atoms with van der Waals surface area (Å²) in [5, 5.41) is 2.97. The lowest BCUT2D eigenvalue weighted by molar-refractivity contribution is -0.120. The largest absolute Gasteiger partial charge is 0.379 e. The van der Waals surface area contributed by atoms with Crippen LogP contribution in [0.5, 0.6) is 0 Å². The fraction of sp³-hybridized carbons (Fsp3) is 0.545. The van der Waals surface area contributed by atoms with Crippen molar-refractivity contribution in [1.29, 1.82) is 0 Å². The Bertz CT molecular complexity index is 494. The average molecular weight is 271 g/mol. The third-order valence-electron chi connectivity index (χ3n) is 3.13. The van der Waals surface area contributed by atoms with Crippen molar-refractivity contribution in [3.8, 4) is 0 Å². The van der Waals surface area contributed by atoms with Gasteiger partial charge in [-0.05, 0) is 25.4 Å². The van der Waals surface area contributed by atoms with Gasteiger partial charge in [0.05, 0.1) is 11.8 Å². The predicted molar refractivity (Wildman–Crippen MR) is 69.1 cm³/mol. The van der Waals surface area contributed by atoms with E-state index in [0.717, 1.165) is 0 Å². The molecule has 98 valence electrons. The molecule has 1 N–H and O–H groups in total. The van der Waals surface area contributed by atoms with Crippen molar-refractivity contribution < 1.29 is 9.53 Å². The molecule has 0 aromatic carbocycles. The van der Waals surface area contributed by atoms with Crippen LogP contribution in [0.25, 0.3) is 0 Å². The third-order valence-corrected chi connectivity index (χ3v) is 3.30. The molecule has 2 atom stereocenters. The van der Waals surface area contributed by atoms with Crippen LogP contribution >= 0.6 is 11.6 Å². The molecule has 18 heavy (non-hydrogen) atoms. The smallest absolute Gasteiger partial charge is 0.249 e. The van der Waals surface area contributed by atoms with Gasteiger partial charge in [-0.15, -0.1) is 0 Å². The number of nitrogens with one attached hydrogen (secondary N) is 1. The summed E-state index contributed by atoms with van der Waals surface area (Å²) in [5.74, 6) is 0.481. The van der Waals surface area contributed by atoms with Gasteiger partial charge in [0.2, 0.25) is 11.2 Å². The standard InChI is InChI=1S/C11H15ClN4O2/c1-5-7-9(15-11(12)13-5)16(3)8(6(2)18-4)10(17)14-7/h6,8H,1-4H3,(H,14,17)/t6-,8?/m1/s1. The van der Waals surface area contributed by atoms with E-state index in [9.17, 15) is 4.79 Å². The highest BCUT2D eigenvalue weighted by atomic mass is 35.5. The molecule has 0 fully saturated rings. The first kappa shape index (κ1) is 13.0. The number of ether oxygens (including phenoxy) is 1. The Morgan fingerprint density at radius 2 is 2.17 bits per heavy atom. The van der Waals surface area contributed by atoms with Crippen LogP contribution < -0.4 is 10.2 Å². The maximum absolute atomic E-state index is 12.1. The first-order valence-electron chi connectivity index (χ1n) is 5.56. The van der Waals surface area contributed by atoms with Gasteiger partial charge < -0.3 is 15.0 Å². The minimum absolute atomic E-state index is 0.131. The molecule has 1 aromatic heterocycles. The highest BCUT2D eigenvalue weighted by molar-refractivity contribution is 6.28. The molecule has 0 saturated carbocycles. The van der Waals surface area contributed by atoms with E-state index in [1.807, 2.05) is 6.92 Å². The molecule has 0 bridgehead atoms. The first-order valence-corrected chi connectivity index (χ1v) is 5.94. The second kappa shape index (κ2) is 4.70.